The zero-order chi connectivity index (χ0) is 15.2. The topological polar surface area (TPSA) is 75.1 Å². The molecule has 0 aliphatic heterocycles. The smallest absolute Gasteiger partial charge is 0.313 e. The molecule has 2 N–H and O–H groups in total. The van der Waals surface area contributed by atoms with E-state index in [0.717, 1.165) is 0 Å². The lowest BCUT2D eigenvalue weighted by Crippen LogP contribution is -1.99. The van der Waals surface area contributed by atoms with Crippen LogP contribution in [0, 0.1) is 0 Å². The minimum atomic E-state index is -0.852. The van der Waals surface area contributed by atoms with E-state index in [4.69, 9.17) is 5.11 Å². The molecule has 0 amide bonds. The van der Waals surface area contributed by atoms with Crippen molar-refractivity contribution in [2.24, 2.45) is 0 Å². The monoisotopic (exact) mass is 323 g/mol. The Morgan fingerprint density at radius 1 is 1.33 bits per heavy atom. The summed E-state index contributed by atoms with van der Waals surface area (Å²) in [4.78, 5) is 10.5. The number of rotatable bonds is 7. The van der Waals surface area contributed by atoms with Gasteiger partial charge in [0.2, 0.25) is 5.13 Å². The number of thioether (sulfide) groups is 1. The van der Waals surface area contributed by atoms with Gasteiger partial charge in [-0.25, -0.2) is 0 Å². The van der Waals surface area contributed by atoms with Crippen molar-refractivity contribution in [2.75, 3.05) is 11.1 Å². The first-order valence-corrected chi connectivity index (χ1v) is 8.35. The normalized spacial score (nSPS) is 10.8. The fraction of sp³-hybridized carbons (Fsp3) is 0.357. The van der Waals surface area contributed by atoms with Gasteiger partial charge < -0.3 is 10.4 Å². The number of benzene rings is 1. The Balaban J connectivity index is 1.86. The van der Waals surface area contributed by atoms with E-state index >= 15 is 0 Å². The van der Waals surface area contributed by atoms with E-state index in [1.54, 1.807) is 0 Å². The third kappa shape index (κ3) is 5.02. The number of carboxylic acids is 1. The van der Waals surface area contributed by atoms with Gasteiger partial charge in [-0.1, -0.05) is 61.2 Å². The van der Waals surface area contributed by atoms with Gasteiger partial charge in [0.1, 0.15) is 0 Å². The van der Waals surface area contributed by atoms with Crippen molar-refractivity contribution in [3.8, 4) is 0 Å². The molecule has 0 fully saturated rings. The molecule has 112 valence electrons. The average molecular weight is 323 g/mol. The highest BCUT2D eigenvalue weighted by Crippen LogP contribution is 2.25. The third-order valence-electron chi connectivity index (χ3n) is 2.82. The summed E-state index contributed by atoms with van der Waals surface area (Å²) >= 11 is 2.55. The molecule has 21 heavy (non-hydrogen) atoms. The SMILES string of the molecule is CC(C)c1ccc(CNc2nnc(SCC(=O)O)s2)cc1. The van der Waals surface area contributed by atoms with Crippen molar-refractivity contribution in [3.05, 3.63) is 35.4 Å². The van der Waals surface area contributed by atoms with Crippen molar-refractivity contribution in [2.45, 2.75) is 30.6 Å². The van der Waals surface area contributed by atoms with Crippen molar-refractivity contribution in [3.63, 3.8) is 0 Å². The van der Waals surface area contributed by atoms with Gasteiger partial charge in [0, 0.05) is 6.54 Å². The van der Waals surface area contributed by atoms with Crippen molar-refractivity contribution in [1.29, 1.82) is 0 Å². The van der Waals surface area contributed by atoms with Crippen LogP contribution in [-0.4, -0.2) is 27.0 Å². The zero-order valence-corrected chi connectivity index (χ0v) is 13.5. The third-order valence-corrected chi connectivity index (χ3v) is 4.81. The van der Waals surface area contributed by atoms with E-state index in [1.165, 1.54) is 34.2 Å². The molecule has 0 aliphatic rings. The summed E-state index contributed by atoms with van der Waals surface area (Å²) in [5.41, 5.74) is 2.50. The van der Waals surface area contributed by atoms with Crippen LogP contribution in [0.3, 0.4) is 0 Å². The predicted octanol–water partition coefficient (Wildman–Crippen LogP) is 3.45. The van der Waals surface area contributed by atoms with E-state index < -0.39 is 5.97 Å². The molecule has 2 aromatic rings. The molecule has 0 bridgehead atoms. The van der Waals surface area contributed by atoms with Crippen LogP contribution in [0.15, 0.2) is 28.6 Å². The number of anilines is 1. The molecule has 1 aromatic carbocycles. The molecular formula is C14H17N3O2S2. The van der Waals surface area contributed by atoms with Crippen molar-refractivity contribution in [1.82, 2.24) is 10.2 Å². The lowest BCUT2D eigenvalue weighted by atomic mass is 10.0. The zero-order valence-electron chi connectivity index (χ0n) is 11.9. The molecule has 1 aromatic heterocycles. The largest absolute Gasteiger partial charge is 0.481 e. The Labute approximate surface area is 131 Å². The molecule has 0 aliphatic carbocycles. The summed E-state index contributed by atoms with van der Waals surface area (Å²) in [5, 5.41) is 20.5. The number of nitrogens with one attached hydrogen (secondary N) is 1. The standard InChI is InChI=1S/C14H17N3O2S2/c1-9(2)11-5-3-10(4-6-11)7-15-13-16-17-14(21-13)20-8-12(18)19/h3-6,9H,7-8H2,1-2H3,(H,15,16)(H,18,19). The van der Waals surface area contributed by atoms with E-state index in [1.807, 2.05) is 0 Å². The van der Waals surface area contributed by atoms with Gasteiger partial charge >= 0.3 is 5.97 Å². The molecule has 0 saturated carbocycles. The predicted molar refractivity (Wildman–Crippen MR) is 86.1 cm³/mol. The maximum atomic E-state index is 10.5. The quantitative estimate of drug-likeness (QED) is 0.760. The highest BCUT2D eigenvalue weighted by molar-refractivity contribution is 8.01. The maximum Gasteiger partial charge on any atom is 0.313 e. The van der Waals surface area contributed by atoms with Gasteiger partial charge in [-0.3, -0.25) is 4.79 Å². The second kappa shape index (κ2) is 7.42. The number of carbonyl (C=O) groups is 1. The second-order valence-electron chi connectivity index (χ2n) is 4.81. The van der Waals surface area contributed by atoms with E-state index in [2.05, 4.69) is 53.6 Å². The first kappa shape index (κ1) is 15.8. The van der Waals surface area contributed by atoms with Gasteiger partial charge in [-0.2, -0.15) is 0 Å². The van der Waals surface area contributed by atoms with Crippen LogP contribution in [0.25, 0.3) is 0 Å². The van der Waals surface area contributed by atoms with Gasteiger partial charge in [0.25, 0.3) is 0 Å². The number of nitrogens with zero attached hydrogens (tertiary/aromatic N) is 2. The molecular weight excluding hydrogens is 306 g/mol. The minimum absolute atomic E-state index is 0.00526. The Bertz CT molecular complexity index is 597. The first-order chi connectivity index (χ1) is 10.0. The number of hydrogen-bond donors (Lipinski definition) is 2. The lowest BCUT2D eigenvalue weighted by molar-refractivity contribution is -0.133. The summed E-state index contributed by atoms with van der Waals surface area (Å²) in [7, 11) is 0. The number of aliphatic carboxylic acids is 1. The van der Waals surface area contributed by atoms with Crippen molar-refractivity contribution >= 4 is 34.2 Å². The number of hydrogen-bond acceptors (Lipinski definition) is 6. The summed E-state index contributed by atoms with van der Waals surface area (Å²) in [6.07, 6.45) is 0. The molecule has 7 heteroatoms. The average Bonchev–Trinajstić information content (AvgIpc) is 2.91. The molecule has 0 unspecified atom stereocenters. The molecule has 1 heterocycles. The van der Waals surface area contributed by atoms with Crippen LogP contribution in [0.5, 0.6) is 0 Å². The van der Waals surface area contributed by atoms with E-state index in [9.17, 15) is 4.79 Å². The van der Waals surface area contributed by atoms with Gasteiger partial charge in [-0.15, -0.1) is 10.2 Å². The number of aromatic nitrogens is 2. The summed E-state index contributed by atoms with van der Waals surface area (Å²) < 4.78 is 0.662. The molecule has 2 rings (SSSR count). The second-order valence-corrected chi connectivity index (χ2v) is 7.01. The van der Waals surface area contributed by atoms with Crippen LogP contribution >= 0.6 is 23.1 Å². The molecule has 0 atom stereocenters. The Morgan fingerprint density at radius 3 is 2.67 bits per heavy atom. The summed E-state index contributed by atoms with van der Waals surface area (Å²) in [6.45, 7) is 5.02. The first-order valence-electron chi connectivity index (χ1n) is 6.55. The highest BCUT2D eigenvalue weighted by atomic mass is 32.2. The highest BCUT2D eigenvalue weighted by Gasteiger charge is 2.07. The van der Waals surface area contributed by atoms with Gasteiger partial charge in [0.15, 0.2) is 4.34 Å². The van der Waals surface area contributed by atoms with Gasteiger partial charge in [0.05, 0.1) is 5.75 Å². The van der Waals surface area contributed by atoms with Crippen LogP contribution in [0.4, 0.5) is 5.13 Å². The van der Waals surface area contributed by atoms with Crippen molar-refractivity contribution < 1.29 is 9.90 Å². The number of carboxylic acid groups (broad SMARTS) is 1. The maximum absolute atomic E-state index is 10.5. The van der Waals surface area contributed by atoms with Crippen LogP contribution in [0.2, 0.25) is 0 Å². The fourth-order valence-corrected chi connectivity index (χ4v) is 3.13. The molecule has 5 nitrogen and oxygen atoms in total. The Hall–Kier alpha value is -1.60. The van der Waals surface area contributed by atoms with Crippen LogP contribution in [-0.2, 0) is 11.3 Å². The Kier molecular flexibility index (Phi) is 5.58. The minimum Gasteiger partial charge on any atom is -0.481 e. The fourth-order valence-electron chi connectivity index (χ4n) is 1.66. The molecule has 0 radical (unpaired) electrons. The Morgan fingerprint density at radius 2 is 2.05 bits per heavy atom. The van der Waals surface area contributed by atoms with Crippen LogP contribution in [0.1, 0.15) is 30.9 Å². The van der Waals surface area contributed by atoms with Crippen LogP contribution < -0.4 is 5.32 Å². The molecule has 0 spiro atoms. The molecule has 0 saturated heterocycles. The van der Waals surface area contributed by atoms with E-state index in [0.29, 0.717) is 21.9 Å². The van der Waals surface area contributed by atoms with E-state index in [-0.39, 0.29) is 5.75 Å². The summed E-state index contributed by atoms with van der Waals surface area (Å²) in [5.74, 6) is -0.315. The van der Waals surface area contributed by atoms with Gasteiger partial charge in [-0.05, 0) is 17.0 Å². The lowest BCUT2D eigenvalue weighted by Gasteiger charge is -2.07. The summed E-state index contributed by atoms with van der Waals surface area (Å²) in [6, 6.07) is 8.47.